The van der Waals surface area contributed by atoms with Gasteiger partial charge in [-0.15, -0.1) is 11.8 Å². The fourth-order valence-electron chi connectivity index (χ4n) is 1.21. The summed E-state index contributed by atoms with van der Waals surface area (Å²) < 4.78 is 0. The van der Waals surface area contributed by atoms with Crippen LogP contribution >= 0.6 is 11.8 Å². The van der Waals surface area contributed by atoms with Crippen molar-refractivity contribution < 1.29 is 9.90 Å². The van der Waals surface area contributed by atoms with E-state index in [1.807, 2.05) is 13.0 Å². The second-order valence-electron chi connectivity index (χ2n) is 3.51. The second kappa shape index (κ2) is 4.51. The summed E-state index contributed by atoms with van der Waals surface area (Å²) >= 11 is 1.68. The van der Waals surface area contributed by atoms with E-state index in [1.54, 1.807) is 23.9 Å². The lowest BCUT2D eigenvalue weighted by atomic mass is 10.1. The Kier molecular flexibility index (Phi) is 3.58. The molecule has 76 valence electrons. The van der Waals surface area contributed by atoms with E-state index < -0.39 is 5.97 Å². The summed E-state index contributed by atoms with van der Waals surface area (Å²) in [7, 11) is 0. The van der Waals surface area contributed by atoms with Crippen LogP contribution in [0, 0.1) is 6.92 Å². The highest BCUT2D eigenvalue weighted by molar-refractivity contribution is 7.99. The summed E-state index contributed by atoms with van der Waals surface area (Å²) in [5.41, 5.74) is 1.36. The third-order valence-electron chi connectivity index (χ3n) is 1.67. The van der Waals surface area contributed by atoms with Crippen LogP contribution in [0.2, 0.25) is 0 Å². The maximum Gasteiger partial charge on any atom is 0.335 e. The number of hydrogen-bond acceptors (Lipinski definition) is 2. The number of rotatable bonds is 3. The van der Waals surface area contributed by atoms with Crippen LogP contribution in [0.3, 0.4) is 0 Å². The number of carboxylic acid groups (broad SMARTS) is 1. The van der Waals surface area contributed by atoms with Crippen molar-refractivity contribution in [2.75, 3.05) is 0 Å². The third kappa shape index (κ3) is 3.07. The Morgan fingerprint density at radius 1 is 1.36 bits per heavy atom. The van der Waals surface area contributed by atoms with Crippen LogP contribution in [0.1, 0.15) is 29.8 Å². The van der Waals surface area contributed by atoms with Crippen molar-refractivity contribution in [3.05, 3.63) is 29.3 Å². The first-order valence-electron chi connectivity index (χ1n) is 4.50. The molecule has 0 bridgehead atoms. The Hall–Kier alpha value is -0.960. The van der Waals surface area contributed by atoms with E-state index in [4.69, 9.17) is 5.11 Å². The zero-order valence-corrected chi connectivity index (χ0v) is 9.39. The Balaban J connectivity index is 3.01. The molecule has 0 aliphatic heterocycles. The molecule has 0 spiro atoms. The maximum absolute atomic E-state index is 10.8. The summed E-state index contributed by atoms with van der Waals surface area (Å²) in [5.74, 6) is -0.862. The van der Waals surface area contributed by atoms with Gasteiger partial charge in [0.2, 0.25) is 0 Å². The van der Waals surface area contributed by atoms with Crippen LogP contribution in [-0.4, -0.2) is 16.3 Å². The number of carbonyl (C=O) groups is 1. The van der Waals surface area contributed by atoms with Gasteiger partial charge in [-0.1, -0.05) is 13.8 Å². The Morgan fingerprint density at radius 2 is 2.00 bits per heavy atom. The van der Waals surface area contributed by atoms with Gasteiger partial charge < -0.3 is 5.11 Å². The number of benzene rings is 1. The van der Waals surface area contributed by atoms with Gasteiger partial charge in [-0.05, 0) is 30.7 Å². The molecule has 0 aliphatic rings. The van der Waals surface area contributed by atoms with Crippen LogP contribution in [0.15, 0.2) is 23.1 Å². The largest absolute Gasteiger partial charge is 0.478 e. The molecule has 0 amide bonds. The Morgan fingerprint density at radius 3 is 2.50 bits per heavy atom. The van der Waals surface area contributed by atoms with Gasteiger partial charge in [-0.25, -0.2) is 4.79 Å². The summed E-state index contributed by atoms with van der Waals surface area (Å²) in [4.78, 5) is 11.8. The van der Waals surface area contributed by atoms with Crippen molar-refractivity contribution in [1.82, 2.24) is 0 Å². The molecule has 1 N–H and O–H groups in total. The first-order chi connectivity index (χ1) is 6.49. The third-order valence-corrected chi connectivity index (χ3v) is 2.65. The zero-order valence-electron chi connectivity index (χ0n) is 8.57. The molecule has 0 fully saturated rings. The molecule has 0 aliphatic carbocycles. The lowest BCUT2D eigenvalue weighted by Crippen LogP contribution is -1.97. The predicted octanol–water partition coefficient (Wildman–Crippen LogP) is 3.19. The quantitative estimate of drug-likeness (QED) is 0.778. The van der Waals surface area contributed by atoms with Crippen LogP contribution in [0.25, 0.3) is 0 Å². The molecule has 3 heteroatoms. The van der Waals surface area contributed by atoms with Crippen molar-refractivity contribution in [3.8, 4) is 0 Å². The van der Waals surface area contributed by atoms with E-state index in [-0.39, 0.29) is 0 Å². The highest BCUT2D eigenvalue weighted by Crippen LogP contribution is 2.25. The molecule has 0 heterocycles. The molecule has 1 aromatic carbocycles. The average Bonchev–Trinajstić information content (AvgIpc) is 2.01. The molecule has 2 nitrogen and oxygen atoms in total. The summed E-state index contributed by atoms with van der Waals surface area (Å²) in [6.45, 7) is 6.09. The predicted molar refractivity (Wildman–Crippen MR) is 59.1 cm³/mol. The molecule has 0 saturated carbocycles. The lowest BCUT2D eigenvalue weighted by molar-refractivity contribution is 0.0696. The molecule has 1 aromatic rings. The molecule has 1 rings (SSSR count). The van der Waals surface area contributed by atoms with Gasteiger partial charge in [0.25, 0.3) is 0 Å². The lowest BCUT2D eigenvalue weighted by Gasteiger charge is -2.06. The van der Waals surface area contributed by atoms with Crippen molar-refractivity contribution >= 4 is 17.7 Å². The maximum atomic E-state index is 10.8. The number of hydrogen-bond donors (Lipinski definition) is 1. The molecule has 0 radical (unpaired) electrons. The van der Waals surface area contributed by atoms with Gasteiger partial charge in [-0.2, -0.15) is 0 Å². The highest BCUT2D eigenvalue weighted by atomic mass is 32.2. The fraction of sp³-hybridized carbons (Fsp3) is 0.364. The van der Waals surface area contributed by atoms with Crippen molar-refractivity contribution in [3.63, 3.8) is 0 Å². The number of carboxylic acids is 1. The minimum absolute atomic E-state index is 0.369. The van der Waals surface area contributed by atoms with E-state index in [2.05, 4.69) is 13.8 Å². The van der Waals surface area contributed by atoms with Gasteiger partial charge >= 0.3 is 5.97 Å². The number of thioether (sulfide) groups is 1. The second-order valence-corrected chi connectivity index (χ2v) is 5.16. The first kappa shape index (κ1) is 11.1. The van der Waals surface area contributed by atoms with Crippen LogP contribution < -0.4 is 0 Å². The average molecular weight is 210 g/mol. The molecule has 0 aromatic heterocycles. The minimum atomic E-state index is -0.862. The topological polar surface area (TPSA) is 37.3 Å². The molecule has 0 atom stereocenters. The first-order valence-corrected chi connectivity index (χ1v) is 5.38. The van der Waals surface area contributed by atoms with Crippen molar-refractivity contribution in [2.24, 2.45) is 0 Å². The molecule has 14 heavy (non-hydrogen) atoms. The van der Waals surface area contributed by atoms with Gasteiger partial charge in [0, 0.05) is 10.1 Å². The van der Waals surface area contributed by atoms with E-state index >= 15 is 0 Å². The van der Waals surface area contributed by atoms with E-state index in [1.165, 1.54) is 0 Å². The number of aromatic carboxylic acids is 1. The summed E-state index contributed by atoms with van der Waals surface area (Å²) in [6.07, 6.45) is 0. The van der Waals surface area contributed by atoms with Gasteiger partial charge in [0.05, 0.1) is 5.56 Å². The van der Waals surface area contributed by atoms with Crippen LogP contribution in [-0.2, 0) is 0 Å². The standard InChI is InChI=1S/C11H14O2S/c1-7(2)14-10-5-8(3)4-9(6-10)11(12)13/h4-7H,1-3H3,(H,12,13). The van der Waals surface area contributed by atoms with E-state index in [0.717, 1.165) is 10.5 Å². The molecular weight excluding hydrogens is 196 g/mol. The van der Waals surface area contributed by atoms with Crippen molar-refractivity contribution in [2.45, 2.75) is 30.9 Å². The van der Waals surface area contributed by atoms with Gasteiger partial charge in [0.1, 0.15) is 0 Å². The van der Waals surface area contributed by atoms with Crippen LogP contribution in [0.4, 0.5) is 0 Å². The monoisotopic (exact) mass is 210 g/mol. The van der Waals surface area contributed by atoms with Crippen molar-refractivity contribution in [1.29, 1.82) is 0 Å². The fourth-order valence-corrected chi connectivity index (χ4v) is 2.20. The van der Waals surface area contributed by atoms with Crippen LogP contribution in [0.5, 0.6) is 0 Å². The number of aryl methyl sites for hydroxylation is 1. The normalized spacial score (nSPS) is 10.6. The van der Waals surface area contributed by atoms with Gasteiger partial charge in [-0.3, -0.25) is 0 Å². The molecule has 0 saturated heterocycles. The van der Waals surface area contributed by atoms with Gasteiger partial charge in [0.15, 0.2) is 0 Å². The summed E-state index contributed by atoms with van der Waals surface area (Å²) in [5, 5.41) is 9.33. The minimum Gasteiger partial charge on any atom is -0.478 e. The zero-order chi connectivity index (χ0) is 10.7. The van der Waals surface area contributed by atoms with E-state index in [9.17, 15) is 4.79 Å². The Labute approximate surface area is 88.3 Å². The smallest absolute Gasteiger partial charge is 0.335 e. The molecular formula is C11H14O2S. The Bertz CT molecular complexity index is 345. The summed E-state index contributed by atoms with van der Waals surface area (Å²) in [6, 6.07) is 5.42. The molecule has 0 unspecified atom stereocenters. The van der Waals surface area contributed by atoms with E-state index in [0.29, 0.717) is 10.8 Å². The SMILES string of the molecule is Cc1cc(SC(C)C)cc(C(=O)O)c1. The highest BCUT2D eigenvalue weighted by Gasteiger charge is 2.06.